The van der Waals surface area contributed by atoms with Crippen molar-refractivity contribution >= 4 is 41.1 Å². The highest BCUT2D eigenvalue weighted by Crippen LogP contribution is 2.29. The summed E-state index contributed by atoms with van der Waals surface area (Å²) in [5.74, 6) is -0.743. The minimum absolute atomic E-state index is 0.00469. The van der Waals surface area contributed by atoms with Crippen LogP contribution in [-0.2, 0) is 9.53 Å². The number of halogens is 4. The van der Waals surface area contributed by atoms with E-state index in [-0.39, 0.29) is 28.8 Å². The van der Waals surface area contributed by atoms with E-state index >= 15 is 0 Å². The van der Waals surface area contributed by atoms with Crippen molar-refractivity contribution in [3.63, 3.8) is 0 Å². The Balaban J connectivity index is 2.20. The third kappa shape index (κ3) is 8.06. The van der Waals surface area contributed by atoms with Crippen LogP contribution in [0.3, 0.4) is 0 Å². The molecule has 12 heteroatoms. The lowest BCUT2D eigenvalue weighted by Crippen LogP contribution is -2.41. The zero-order valence-corrected chi connectivity index (χ0v) is 18.7. The summed E-state index contributed by atoms with van der Waals surface area (Å²) in [5, 5.41) is 3.99. The smallest absolute Gasteiger partial charge is 0.421 e. The van der Waals surface area contributed by atoms with Crippen LogP contribution < -0.4 is 4.90 Å². The van der Waals surface area contributed by atoms with Crippen molar-refractivity contribution in [2.75, 3.05) is 16.4 Å². The predicted molar refractivity (Wildman–Crippen MR) is 113 cm³/mol. The highest BCUT2D eigenvalue weighted by atomic mass is 35.5. The highest BCUT2D eigenvalue weighted by Gasteiger charge is 2.32. The molecule has 2 rings (SSSR count). The van der Waals surface area contributed by atoms with E-state index in [0.29, 0.717) is 5.69 Å². The fourth-order valence-electron chi connectivity index (χ4n) is 2.32. The lowest BCUT2D eigenvalue weighted by molar-refractivity contribution is -0.129. The van der Waals surface area contributed by atoms with E-state index in [1.807, 2.05) is 0 Å². The van der Waals surface area contributed by atoms with Gasteiger partial charge in [0.2, 0.25) is 5.91 Å². The number of hydrogen-bond acceptors (Lipinski definition) is 6. The van der Waals surface area contributed by atoms with Gasteiger partial charge in [0.05, 0.1) is 24.5 Å². The summed E-state index contributed by atoms with van der Waals surface area (Å²) in [6.45, 7) is 4.92. The number of aromatic nitrogens is 3. The molecule has 0 aliphatic heterocycles. The van der Waals surface area contributed by atoms with Crippen LogP contribution in [0.15, 0.2) is 30.7 Å². The van der Waals surface area contributed by atoms with Crippen molar-refractivity contribution in [3.05, 3.63) is 35.9 Å². The maximum absolute atomic E-state index is 12.8. The molecule has 0 fully saturated rings. The molecule has 0 unspecified atom stereocenters. The monoisotopic (exact) mass is 478 g/mol. The van der Waals surface area contributed by atoms with Crippen molar-refractivity contribution in [3.8, 4) is 5.69 Å². The Hall–Kier alpha value is -2.27. The number of carbonyl (C=O) groups excluding carboxylic acids is 2. The Morgan fingerprint density at radius 1 is 1.26 bits per heavy atom. The standard InChI is InChI=1S/C19H22ClF3N4O3S/c1-18(2,3)30-17(29)27(15(28)6-9-31-10-7-19(21,22)23)14-12-26(25-16(14)20)13-5-4-8-24-11-13/h4-5,8,11-12H,6-7,9-10H2,1-3H3. The minimum atomic E-state index is -4.26. The first-order chi connectivity index (χ1) is 14.4. The first-order valence-corrected chi connectivity index (χ1v) is 10.8. The van der Waals surface area contributed by atoms with Crippen molar-refractivity contribution in [1.29, 1.82) is 0 Å². The summed E-state index contributed by atoms with van der Waals surface area (Å²) in [7, 11) is 0. The fraction of sp³-hybridized carbons (Fsp3) is 0.474. The quantitative estimate of drug-likeness (QED) is 0.505. The second kappa shape index (κ2) is 10.4. The van der Waals surface area contributed by atoms with Crippen molar-refractivity contribution in [2.45, 2.75) is 45.4 Å². The molecular formula is C19H22ClF3N4O3S. The molecule has 0 atom stereocenters. The first kappa shape index (κ1) is 25.0. The van der Waals surface area contributed by atoms with Crippen LogP contribution in [0.4, 0.5) is 23.7 Å². The van der Waals surface area contributed by atoms with Crippen LogP contribution >= 0.6 is 23.4 Å². The molecule has 0 aliphatic carbocycles. The van der Waals surface area contributed by atoms with Crippen molar-refractivity contribution in [2.24, 2.45) is 0 Å². The number of rotatable bonds is 7. The van der Waals surface area contributed by atoms with Gasteiger partial charge in [-0.15, -0.1) is 0 Å². The lowest BCUT2D eigenvalue weighted by Gasteiger charge is -2.25. The third-order valence-corrected chi connectivity index (χ3v) is 4.87. The number of hydrogen-bond donors (Lipinski definition) is 0. The number of alkyl halides is 3. The van der Waals surface area contributed by atoms with Gasteiger partial charge in [0.1, 0.15) is 11.3 Å². The molecule has 2 heterocycles. The van der Waals surface area contributed by atoms with E-state index in [2.05, 4.69) is 10.1 Å². The molecule has 2 aromatic heterocycles. The minimum Gasteiger partial charge on any atom is -0.443 e. The Labute approximate surface area is 186 Å². The number of pyridine rings is 1. The molecule has 7 nitrogen and oxygen atoms in total. The molecular weight excluding hydrogens is 457 g/mol. The molecule has 2 aromatic rings. The fourth-order valence-corrected chi connectivity index (χ4v) is 3.43. The topological polar surface area (TPSA) is 77.3 Å². The molecule has 0 N–H and O–H groups in total. The zero-order valence-electron chi connectivity index (χ0n) is 17.1. The van der Waals surface area contributed by atoms with Gasteiger partial charge in [-0.2, -0.15) is 30.0 Å². The molecule has 0 saturated carbocycles. The SMILES string of the molecule is CC(C)(C)OC(=O)N(C(=O)CCSCCC(F)(F)F)c1cn(-c2cccnc2)nc1Cl. The number of nitrogens with zero attached hydrogens (tertiary/aromatic N) is 4. The normalized spacial score (nSPS) is 12.0. The number of imide groups is 1. The maximum Gasteiger partial charge on any atom is 0.421 e. The average molecular weight is 479 g/mol. The Bertz CT molecular complexity index is 901. The van der Waals surface area contributed by atoms with Gasteiger partial charge in [-0.05, 0) is 32.9 Å². The van der Waals surface area contributed by atoms with Crippen LogP contribution in [-0.4, -0.2) is 50.0 Å². The molecule has 0 radical (unpaired) electrons. The summed E-state index contributed by atoms with van der Waals surface area (Å²) in [6, 6.07) is 3.39. The molecule has 0 spiro atoms. The number of carbonyl (C=O) groups is 2. The van der Waals surface area contributed by atoms with E-state index in [1.165, 1.54) is 17.1 Å². The molecule has 0 saturated heterocycles. The van der Waals surface area contributed by atoms with Crippen molar-refractivity contribution in [1.82, 2.24) is 14.8 Å². The third-order valence-electron chi connectivity index (χ3n) is 3.62. The van der Waals surface area contributed by atoms with E-state index in [4.69, 9.17) is 16.3 Å². The summed E-state index contributed by atoms with van der Waals surface area (Å²) < 4.78 is 43.5. The molecule has 170 valence electrons. The van der Waals surface area contributed by atoms with E-state index < -0.39 is 30.2 Å². The van der Waals surface area contributed by atoms with Gasteiger partial charge < -0.3 is 4.74 Å². The Morgan fingerprint density at radius 2 is 1.97 bits per heavy atom. The van der Waals surface area contributed by atoms with Gasteiger partial charge >= 0.3 is 12.3 Å². The Morgan fingerprint density at radius 3 is 2.55 bits per heavy atom. The highest BCUT2D eigenvalue weighted by molar-refractivity contribution is 7.99. The molecule has 0 aromatic carbocycles. The molecule has 2 amide bonds. The van der Waals surface area contributed by atoms with Crippen LogP contribution in [0.5, 0.6) is 0 Å². The number of amides is 2. The number of anilines is 1. The maximum atomic E-state index is 12.8. The van der Waals surface area contributed by atoms with Crippen molar-refractivity contribution < 1.29 is 27.5 Å². The van der Waals surface area contributed by atoms with Gasteiger partial charge in [-0.25, -0.2) is 14.4 Å². The van der Waals surface area contributed by atoms with E-state index in [0.717, 1.165) is 16.7 Å². The van der Waals surface area contributed by atoms with E-state index in [1.54, 1.807) is 39.1 Å². The molecule has 31 heavy (non-hydrogen) atoms. The summed E-state index contributed by atoms with van der Waals surface area (Å²) >= 11 is 7.17. The summed E-state index contributed by atoms with van der Waals surface area (Å²) in [5.41, 5.74) is -0.330. The van der Waals surface area contributed by atoms with Gasteiger partial charge in [0, 0.05) is 24.1 Å². The number of thioether (sulfide) groups is 1. The zero-order chi connectivity index (χ0) is 23.2. The summed E-state index contributed by atoms with van der Waals surface area (Å²) in [4.78, 5) is 30.3. The first-order valence-electron chi connectivity index (χ1n) is 9.23. The van der Waals surface area contributed by atoms with Crippen LogP contribution in [0, 0.1) is 0 Å². The second-order valence-corrected chi connectivity index (χ2v) is 8.98. The average Bonchev–Trinajstić information content (AvgIpc) is 3.01. The predicted octanol–water partition coefficient (Wildman–Crippen LogP) is 5.26. The molecule has 0 aliphatic rings. The largest absolute Gasteiger partial charge is 0.443 e. The number of ether oxygens (including phenoxy) is 1. The van der Waals surface area contributed by atoms with Crippen LogP contribution in [0.1, 0.15) is 33.6 Å². The van der Waals surface area contributed by atoms with Gasteiger partial charge in [-0.3, -0.25) is 9.78 Å². The second-order valence-electron chi connectivity index (χ2n) is 7.40. The lowest BCUT2D eigenvalue weighted by atomic mass is 10.2. The van der Waals surface area contributed by atoms with Crippen LogP contribution in [0.25, 0.3) is 5.69 Å². The van der Waals surface area contributed by atoms with E-state index in [9.17, 15) is 22.8 Å². The Kier molecular flexibility index (Phi) is 8.35. The molecule has 0 bridgehead atoms. The van der Waals surface area contributed by atoms with Gasteiger partial charge in [-0.1, -0.05) is 11.6 Å². The van der Waals surface area contributed by atoms with Gasteiger partial charge in [0.25, 0.3) is 0 Å². The van der Waals surface area contributed by atoms with Gasteiger partial charge in [0.15, 0.2) is 5.15 Å². The van der Waals surface area contributed by atoms with Crippen LogP contribution in [0.2, 0.25) is 5.15 Å². The summed E-state index contributed by atoms with van der Waals surface area (Å²) in [6.07, 6.45) is -1.87.